The molecule has 0 aromatic rings. The van der Waals surface area contributed by atoms with E-state index in [2.05, 4.69) is 15.4 Å². The van der Waals surface area contributed by atoms with Crippen molar-refractivity contribution in [2.75, 3.05) is 6.54 Å². The van der Waals surface area contributed by atoms with Gasteiger partial charge in [0.1, 0.15) is 0 Å². The molecule has 0 heterocycles. The summed E-state index contributed by atoms with van der Waals surface area (Å²) in [6.45, 7) is 2.24. The largest absolute Gasteiger partial charge is 0.369 e. The van der Waals surface area contributed by atoms with Gasteiger partial charge in [-0.2, -0.15) is 5.11 Å². The van der Waals surface area contributed by atoms with Crippen LogP contribution in [0.25, 0.3) is 0 Å². The maximum Gasteiger partial charge on any atom is 0.234 e. The Morgan fingerprint density at radius 3 is 2.33 bits per heavy atom. The number of nitrogens with one attached hydrogen (secondary N) is 1. The van der Waals surface area contributed by atoms with Gasteiger partial charge in [0.25, 0.3) is 0 Å². The van der Waals surface area contributed by atoms with Crippen LogP contribution in [0.4, 0.5) is 0 Å². The third kappa shape index (κ3) is 4.04. The van der Waals surface area contributed by atoms with Gasteiger partial charge in [0.05, 0.1) is 6.54 Å². The van der Waals surface area contributed by atoms with Crippen LogP contribution in [0.5, 0.6) is 0 Å². The number of rotatable bonds is 3. The monoisotopic (exact) mass is 172 g/mol. The highest BCUT2D eigenvalue weighted by atomic mass is 15.7. The van der Waals surface area contributed by atoms with Crippen molar-refractivity contribution in [2.24, 2.45) is 32.6 Å². The lowest BCUT2D eigenvalue weighted by molar-refractivity contribution is 0.427. The molecular formula is C4H12N8. The van der Waals surface area contributed by atoms with Gasteiger partial charge in [-0.15, -0.1) is 5.10 Å². The Hall–Kier alpha value is -1.86. The minimum Gasteiger partial charge on any atom is -0.369 e. The molecule has 0 spiro atoms. The average molecular weight is 172 g/mol. The fourth-order valence-electron chi connectivity index (χ4n) is 0.355. The van der Waals surface area contributed by atoms with Gasteiger partial charge >= 0.3 is 0 Å². The number of nitrogens with zero attached hydrogens (tertiary/aromatic N) is 4. The summed E-state index contributed by atoms with van der Waals surface area (Å²) in [6, 6.07) is 0. The molecule has 0 rings (SSSR count). The molecule has 7 N–H and O–H groups in total. The zero-order valence-corrected chi connectivity index (χ0v) is 6.73. The first-order valence-corrected chi connectivity index (χ1v) is 3.19. The molecule has 0 aliphatic heterocycles. The molecule has 8 heteroatoms. The van der Waals surface area contributed by atoms with Crippen LogP contribution < -0.4 is 17.2 Å². The predicted octanol–water partition coefficient (Wildman–Crippen LogP) is -1.24. The summed E-state index contributed by atoms with van der Waals surface area (Å²) >= 11 is 0. The Balaban J connectivity index is 4.35. The van der Waals surface area contributed by atoms with Crippen molar-refractivity contribution in [1.29, 1.82) is 5.41 Å². The second-order valence-corrected chi connectivity index (χ2v) is 1.75. The molecule has 0 aromatic heterocycles. The molecule has 0 fully saturated rings. The summed E-state index contributed by atoms with van der Waals surface area (Å²) in [5.41, 5.74) is 15.1. The van der Waals surface area contributed by atoms with Crippen LogP contribution in [0.15, 0.2) is 15.4 Å². The molecule has 0 amide bonds. The van der Waals surface area contributed by atoms with Gasteiger partial charge in [-0.25, -0.2) is 0 Å². The van der Waals surface area contributed by atoms with E-state index < -0.39 is 5.96 Å². The van der Waals surface area contributed by atoms with Crippen molar-refractivity contribution in [1.82, 2.24) is 5.12 Å². The van der Waals surface area contributed by atoms with E-state index in [0.29, 0.717) is 6.54 Å². The highest BCUT2D eigenvalue weighted by Crippen LogP contribution is 1.89. The second-order valence-electron chi connectivity index (χ2n) is 1.75. The fourth-order valence-corrected chi connectivity index (χ4v) is 0.355. The molecule has 0 aromatic carbocycles. The lowest BCUT2D eigenvalue weighted by atomic mass is 10.8. The van der Waals surface area contributed by atoms with Gasteiger partial charge in [0.15, 0.2) is 0 Å². The first kappa shape index (κ1) is 10.1. The number of nitrogens with two attached hydrogens (primary N) is 3. The number of hydrogen-bond acceptors (Lipinski definition) is 4. The minimum absolute atomic E-state index is 0.236. The Morgan fingerprint density at radius 2 is 2.00 bits per heavy atom. The Morgan fingerprint density at radius 1 is 1.42 bits per heavy atom. The van der Waals surface area contributed by atoms with Crippen LogP contribution in [0.3, 0.4) is 0 Å². The van der Waals surface area contributed by atoms with E-state index in [-0.39, 0.29) is 5.96 Å². The van der Waals surface area contributed by atoms with E-state index in [1.165, 1.54) is 0 Å². The standard InChI is InChI=1S/C4H12N8/c1-2-9-11-12(4(7)8)10-3(5)6/h2H2,1H3,(H3,7,8)(H4,5,6,10). The smallest absolute Gasteiger partial charge is 0.234 e. The highest BCUT2D eigenvalue weighted by molar-refractivity contribution is 5.79. The van der Waals surface area contributed by atoms with Crippen molar-refractivity contribution < 1.29 is 0 Å². The molecular weight excluding hydrogens is 160 g/mol. The Bertz CT molecular complexity index is 201. The number of hydrogen-bond donors (Lipinski definition) is 4. The van der Waals surface area contributed by atoms with E-state index in [1.807, 2.05) is 0 Å². The lowest BCUT2D eigenvalue weighted by Gasteiger charge is -2.07. The van der Waals surface area contributed by atoms with Gasteiger partial charge in [-0.1, -0.05) is 5.12 Å². The normalized spacial score (nSPS) is 9.75. The van der Waals surface area contributed by atoms with Crippen molar-refractivity contribution >= 4 is 11.9 Å². The first-order chi connectivity index (χ1) is 5.57. The summed E-state index contributed by atoms with van der Waals surface area (Å²) < 4.78 is 0. The first-order valence-electron chi connectivity index (χ1n) is 3.19. The minimum atomic E-state index is -0.402. The summed E-state index contributed by atoms with van der Waals surface area (Å²) in [6.07, 6.45) is 0. The molecule has 0 aliphatic carbocycles. The van der Waals surface area contributed by atoms with Gasteiger partial charge in [0.2, 0.25) is 11.9 Å². The van der Waals surface area contributed by atoms with Gasteiger partial charge < -0.3 is 17.2 Å². The van der Waals surface area contributed by atoms with E-state index >= 15 is 0 Å². The Labute approximate surface area is 69.6 Å². The van der Waals surface area contributed by atoms with E-state index in [4.69, 9.17) is 22.6 Å². The molecule has 0 bridgehead atoms. The van der Waals surface area contributed by atoms with Crippen LogP contribution in [-0.4, -0.2) is 23.6 Å². The van der Waals surface area contributed by atoms with Crippen LogP contribution in [-0.2, 0) is 0 Å². The molecule has 12 heavy (non-hydrogen) atoms. The summed E-state index contributed by atoms with van der Waals surface area (Å²) in [7, 11) is 0. The van der Waals surface area contributed by atoms with Crippen molar-refractivity contribution in [3.8, 4) is 0 Å². The quantitative estimate of drug-likeness (QED) is 0.183. The van der Waals surface area contributed by atoms with Crippen molar-refractivity contribution in [2.45, 2.75) is 6.92 Å². The van der Waals surface area contributed by atoms with Gasteiger partial charge in [0, 0.05) is 0 Å². The average Bonchev–Trinajstić information content (AvgIpc) is 1.96. The third-order valence-corrected chi connectivity index (χ3v) is 0.715. The maximum absolute atomic E-state index is 6.96. The molecule has 0 saturated heterocycles. The molecule has 0 radical (unpaired) electrons. The predicted molar refractivity (Wildman–Crippen MR) is 45.0 cm³/mol. The maximum atomic E-state index is 6.96. The number of guanidine groups is 2. The zero-order valence-electron chi connectivity index (χ0n) is 6.73. The van der Waals surface area contributed by atoms with Gasteiger partial charge in [-0.3, -0.25) is 5.41 Å². The second kappa shape index (κ2) is 4.88. The third-order valence-electron chi connectivity index (χ3n) is 0.715. The lowest BCUT2D eigenvalue weighted by Crippen LogP contribution is -2.33. The van der Waals surface area contributed by atoms with Crippen molar-refractivity contribution in [3.05, 3.63) is 0 Å². The molecule has 8 nitrogen and oxygen atoms in total. The van der Waals surface area contributed by atoms with Crippen LogP contribution in [0.1, 0.15) is 6.92 Å². The van der Waals surface area contributed by atoms with Crippen LogP contribution in [0, 0.1) is 5.41 Å². The summed E-state index contributed by atoms with van der Waals surface area (Å²) in [5.74, 6) is -0.638. The molecule has 0 aliphatic rings. The molecule has 0 atom stereocenters. The van der Waals surface area contributed by atoms with Crippen LogP contribution in [0.2, 0.25) is 0 Å². The summed E-state index contributed by atoms with van der Waals surface area (Å²) in [5, 5.41) is 18.1. The van der Waals surface area contributed by atoms with Crippen molar-refractivity contribution in [3.63, 3.8) is 0 Å². The van der Waals surface area contributed by atoms with E-state index in [0.717, 1.165) is 5.12 Å². The molecule has 68 valence electrons. The molecule has 0 saturated carbocycles. The van der Waals surface area contributed by atoms with E-state index in [9.17, 15) is 0 Å². The van der Waals surface area contributed by atoms with Crippen LogP contribution >= 0.6 is 0 Å². The Kier molecular flexibility index (Phi) is 4.12. The van der Waals surface area contributed by atoms with E-state index in [1.54, 1.807) is 6.92 Å². The molecule has 0 unspecified atom stereocenters. The van der Waals surface area contributed by atoms with Gasteiger partial charge in [-0.05, 0) is 12.1 Å². The zero-order chi connectivity index (χ0) is 9.56. The fraction of sp³-hybridized carbons (Fsp3) is 0.500. The highest BCUT2D eigenvalue weighted by Gasteiger charge is 2.01. The summed E-state index contributed by atoms with van der Waals surface area (Å²) in [4.78, 5) is 0. The topological polar surface area (TPSA) is 142 Å². The number of hydrazone groups is 1. The SMILES string of the molecule is CCN=NN(N=C(N)N)C(=N)N.